The summed E-state index contributed by atoms with van der Waals surface area (Å²) in [6, 6.07) is 2.71. The van der Waals surface area contributed by atoms with E-state index >= 15 is 0 Å². The predicted molar refractivity (Wildman–Crippen MR) is 158 cm³/mol. The SMILES string of the molecule is C[C@@H]1C[C@@H](O)c2ncnc(N3CCN(C(=O)[C@H](CNC(C)(C)C)c4ccc(C(F)(F)F)c(F)c4)CC3)c21.O=C(O)C(F)(F)F.O=C(O)C(F)(F)F. The molecule has 1 aromatic carbocycles. The number of carboxylic acids is 2. The maximum Gasteiger partial charge on any atom is 0.490 e. The second-order valence-corrected chi connectivity index (χ2v) is 12.5. The molecule has 1 aliphatic heterocycles. The van der Waals surface area contributed by atoms with Gasteiger partial charge < -0.3 is 30.4 Å². The van der Waals surface area contributed by atoms with E-state index in [2.05, 4.69) is 20.2 Å². The third-order valence-corrected chi connectivity index (χ3v) is 7.49. The van der Waals surface area contributed by atoms with Gasteiger partial charge in [0.25, 0.3) is 0 Å². The van der Waals surface area contributed by atoms with Gasteiger partial charge in [0.2, 0.25) is 5.91 Å². The number of aliphatic carboxylic acids is 2. The number of nitrogens with one attached hydrogen (secondary N) is 1. The maximum absolute atomic E-state index is 14.4. The molecule has 0 spiro atoms. The molecule has 11 nitrogen and oxygen atoms in total. The van der Waals surface area contributed by atoms with Crippen LogP contribution in [-0.2, 0) is 20.6 Å². The van der Waals surface area contributed by atoms with E-state index in [1.54, 1.807) is 4.90 Å². The molecule has 2 aromatic rings. The number of rotatable bonds is 5. The molecule has 1 fully saturated rings. The van der Waals surface area contributed by atoms with Crippen molar-refractivity contribution in [3.8, 4) is 0 Å². The Morgan fingerprint density at radius 1 is 0.902 bits per heavy atom. The molecular weight excluding hydrogens is 716 g/mol. The van der Waals surface area contributed by atoms with Gasteiger partial charge in [-0.2, -0.15) is 39.5 Å². The molecule has 1 amide bonds. The summed E-state index contributed by atoms with van der Waals surface area (Å²) in [7, 11) is 0. The molecule has 4 rings (SSSR count). The number of fused-ring (bicyclic) bond motifs is 1. The van der Waals surface area contributed by atoms with Crippen LogP contribution in [0.25, 0.3) is 0 Å². The number of piperazine rings is 1. The van der Waals surface area contributed by atoms with Gasteiger partial charge >= 0.3 is 30.5 Å². The number of amides is 1. The zero-order chi connectivity index (χ0) is 39.3. The number of carboxylic acid groups (broad SMARTS) is 2. The molecule has 51 heavy (non-hydrogen) atoms. The number of aliphatic hydroxyl groups excluding tert-OH is 1. The smallest absolute Gasteiger partial charge is 0.475 e. The van der Waals surface area contributed by atoms with Crippen LogP contribution >= 0.6 is 0 Å². The second kappa shape index (κ2) is 16.4. The van der Waals surface area contributed by atoms with Crippen LogP contribution in [-0.4, -0.2) is 98.6 Å². The highest BCUT2D eigenvalue weighted by Crippen LogP contribution is 2.43. The Kier molecular flexibility index (Phi) is 13.8. The van der Waals surface area contributed by atoms with E-state index in [0.717, 1.165) is 17.4 Å². The molecule has 0 saturated carbocycles. The lowest BCUT2D eigenvalue weighted by atomic mass is 9.94. The lowest BCUT2D eigenvalue weighted by Crippen LogP contribution is -2.52. The van der Waals surface area contributed by atoms with Crippen molar-refractivity contribution in [2.45, 2.75) is 76.1 Å². The molecule has 0 unspecified atom stereocenters. The van der Waals surface area contributed by atoms with Gasteiger partial charge in [0, 0.05) is 43.8 Å². The molecule has 3 atom stereocenters. The lowest BCUT2D eigenvalue weighted by molar-refractivity contribution is -0.193. The predicted octanol–water partition coefficient (Wildman–Crippen LogP) is 5.26. The number of benzene rings is 1. The lowest BCUT2D eigenvalue weighted by Gasteiger charge is -2.38. The molecule has 1 aromatic heterocycles. The summed E-state index contributed by atoms with van der Waals surface area (Å²) in [5.74, 6) is -7.15. The van der Waals surface area contributed by atoms with Crippen LogP contribution in [0.3, 0.4) is 0 Å². The normalized spacial score (nSPS) is 18.5. The van der Waals surface area contributed by atoms with Gasteiger partial charge in [-0.05, 0) is 50.8 Å². The first-order valence-electron chi connectivity index (χ1n) is 14.9. The van der Waals surface area contributed by atoms with E-state index in [9.17, 15) is 53.8 Å². The van der Waals surface area contributed by atoms with E-state index in [-0.39, 0.29) is 29.5 Å². The minimum absolute atomic E-state index is 0.114. The van der Waals surface area contributed by atoms with Crippen molar-refractivity contribution in [3.63, 3.8) is 0 Å². The van der Waals surface area contributed by atoms with E-state index in [0.29, 0.717) is 44.4 Å². The van der Waals surface area contributed by atoms with Crippen LogP contribution < -0.4 is 10.2 Å². The molecule has 21 heteroatoms. The van der Waals surface area contributed by atoms with Crippen molar-refractivity contribution in [1.82, 2.24) is 20.2 Å². The summed E-state index contributed by atoms with van der Waals surface area (Å²) >= 11 is 0. The summed E-state index contributed by atoms with van der Waals surface area (Å²) in [6.07, 6.45) is -13.6. The summed E-state index contributed by atoms with van der Waals surface area (Å²) in [5.41, 5.74) is 0.0784. The Balaban J connectivity index is 0.000000543. The average molecular weight is 752 g/mol. The fourth-order valence-corrected chi connectivity index (χ4v) is 5.05. The van der Waals surface area contributed by atoms with Crippen molar-refractivity contribution < 1.29 is 73.6 Å². The first-order chi connectivity index (χ1) is 23.1. The molecule has 2 aliphatic rings. The minimum atomic E-state index is -5.08. The van der Waals surface area contributed by atoms with Gasteiger partial charge in [-0.25, -0.2) is 23.9 Å². The van der Waals surface area contributed by atoms with Gasteiger partial charge in [-0.3, -0.25) is 4.79 Å². The van der Waals surface area contributed by atoms with Gasteiger partial charge in [0.15, 0.2) is 0 Å². The van der Waals surface area contributed by atoms with E-state index in [4.69, 9.17) is 19.8 Å². The summed E-state index contributed by atoms with van der Waals surface area (Å²) in [6.45, 7) is 9.68. The molecule has 0 bridgehead atoms. The molecular formula is C30H35F10N5O6. The quantitative estimate of drug-likeness (QED) is 0.298. The number of aliphatic hydroxyl groups is 1. The van der Waals surface area contributed by atoms with Crippen molar-refractivity contribution in [3.05, 3.63) is 52.7 Å². The molecule has 0 radical (unpaired) electrons. The van der Waals surface area contributed by atoms with E-state index in [1.165, 1.54) is 12.4 Å². The zero-order valence-electron chi connectivity index (χ0n) is 27.4. The summed E-state index contributed by atoms with van der Waals surface area (Å²) in [4.78, 5) is 43.8. The van der Waals surface area contributed by atoms with Crippen LogP contribution in [0.5, 0.6) is 0 Å². The molecule has 4 N–H and O–H groups in total. The van der Waals surface area contributed by atoms with Crippen LogP contribution in [0, 0.1) is 5.82 Å². The zero-order valence-corrected chi connectivity index (χ0v) is 27.4. The number of nitrogens with zero attached hydrogens (tertiary/aromatic N) is 4. The second-order valence-electron chi connectivity index (χ2n) is 12.5. The number of carbonyl (C=O) groups is 3. The Morgan fingerprint density at radius 2 is 1.41 bits per heavy atom. The summed E-state index contributed by atoms with van der Waals surface area (Å²) < 4.78 is 117. The number of alkyl halides is 9. The van der Waals surface area contributed by atoms with Gasteiger partial charge in [0.05, 0.1) is 23.3 Å². The van der Waals surface area contributed by atoms with Crippen molar-refractivity contribution >= 4 is 23.7 Å². The monoisotopic (exact) mass is 751 g/mol. The topological polar surface area (TPSA) is 156 Å². The first-order valence-corrected chi connectivity index (χ1v) is 14.9. The van der Waals surface area contributed by atoms with Crippen molar-refractivity contribution in [2.24, 2.45) is 0 Å². The standard InChI is InChI=1S/C26H33F4N5O2.2C2HF3O2/c1-15-11-20(36)22-21(15)23(32-14-31-22)34-7-9-35(10-8-34)24(37)17(13-33-25(2,3)4)16-5-6-18(19(27)12-16)26(28,29)30;2*3-2(4,5)1(6)7/h5-6,12,14-15,17,20,33,36H,7-11,13H2,1-4H3;2*(H,6,7)/t15-,17-,20-;;/m1../s1. The first kappa shape index (κ1) is 42.9. The van der Waals surface area contributed by atoms with Gasteiger partial charge in [-0.1, -0.05) is 13.0 Å². The molecule has 286 valence electrons. The van der Waals surface area contributed by atoms with E-state index < -0.39 is 53.9 Å². The fourth-order valence-electron chi connectivity index (χ4n) is 5.05. The maximum atomic E-state index is 14.4. The largest absolute Gasteiger partial charge is 0.490 e. The van der Waals surface area contributed by atoms with Crippen molar-refractivity contribution in [1.29, 1.82) is 0 Å². The number of aromatic nitrogens is 2. The number of hydrogen-bond donors (Lipinski definition) is 4. The van der Waals surface area contributed by atoms with Crippen LogP contribution in [0.2, 0.25) is 0 Å². The highest BCUT2D eigenvalue weighted by atomic mass is 19.4. The third-order valence-electron chi connectivity index (χ3n) is 7.49. The van der Waals surface area contributed by atoms with Crippen molar-refractivity contribution in [2.75, 3.05) is 37.6 Å². The minimum Gasteiger partial charge on any atom is -0.475 e. The third kappa shape index (κ3) is 12.2. The molecule has 2 heterocycles. The van der Waals surface area contributed by atoms with Crippen LogP contribution in [0.15, 0.2) is 24.5 Å². The average Bonchev–Trinajstić information content (AvgIpc) is 3.28. The van der Waals surface area contributed by atoms with Gasteiger partial charge in [-0.15, -0.1) is 0 Å². The summed E-state index contributed by atoms with van der Waals surface area (Å²) in [5, 5.41) is 27.8. The number of carbonyl (C=O) groups excluding carboxylic acids is 1. The van der Waals surface area contributed by atoms with Crippen LogP contribution in [0.4, 0.5) is 49.7 Å². The fraction of sp³-hybridized carbons (Fsp3) is 0.567. The number of anilines is 1. The Morgan fingerprint density at radius 3 is 1.84 bits per heavy atom. The van der Waals surface area contributed by atoms with E-state index in [1.807, 2.05) is 27.7 Å². The van der Waals surface area contributed by atoms with Gasteiger partial charge in [0.1, 0.15) is 18.0 Å². The Labute approximate surface area is 284 Å². The number of hydrogen-bond acceptors (Lipinski definition) is 8. The Bertz CT molecular complexity index is 1510. The number of halogens is 10. The van der Waals surface area contributed by atoms with Crippen LogP contribution in [0.1, 0.15) is 74.4 Å². The Hall–Kier alpha value is -4.27. The highest BCUT2D eigenvalue weighted by Gasteiger charge is 2.40. The molecule has 1 saturated heterocycles. The molecule has 1 aliphatic carbocycles. The highest BCUT2D eigenvalue weighted by molar-refractivity contribution is 5.84.